The van der Waals surface area contributed by atoms with E-state index in [4.69, 9.17) is 0 Å². The number of hydrogen-bond acceptors (Lipinski definition) is 4. The maximum Gasteiger partial charge on any atom is 0.269 e. The molecule has 0 saturated heterocycles. The van der Waals surface area contributed by atoms with Gasteiger partial charge < -0.3 is 9.67 Å². The number of nitro groups is 1. The minimum absolute atomic E-state index is 0.000852. The molecule has 1 aromatic heterocycles. The number of hydrogen-bond donors (Lipinski definition) is 1. The quantitative estimate of drug-likeness (QED) is 0.190. The molecule has 0 aliphatic heterocycles. The van der Waals surface area contributed by atoms with Crippen molar-refractivity contribution < 1.29 is 14.8 Å². The molecule has 1 heterocycles. The highest BCUT2D eigenvalue weighted by Crippen LogP contribution is 2.46. The molecule has 1 aliphatic carbocycles. The monoisotopic (exact) mass is 476 g/mol. The van der Waals surface area contributed by atoms with Gasteiger partial charge in [0.1, 0.15) is 5.76 Å². The van der Waals surface area contributed by atoms with Crippen molar-refractivity contribution in [3.05, 3.63) is 129 Å². The average molecular weight is 477 g/mol. The van der Waals surface area contributed by atoms with Crippen molar-refractivity contribution in [3.63, 3.8) is 0 Å². The zero-order chi connectivity index (χ0) is 25.7. The van der Waals surface area contributed by atoms with Crippen LogP contribution in [0.25, 0.3) is 27.7 Å². The number of aliphatic hydroxyl groups is 1. The molecule has 178 valence electrons. The number of carbonyl (C=O) groups is 1. The SMILES string of the molecule is C=C(C)/C(=C1\C(=O)C(c2c(C)n(-c3ccc([N+](=O)[O-])cc3)c3ccccc23)=C1O)c1ccccc1C. The molecule has 0 amide bonds. The molecule has 6 nitrogen and oxygen atoms in total. The second kappa shape index (κ2) is 8.50. The number of allylic oxidation sites excluding steroid dienone is 4. The zero-order valence-corrected chi connectivity index (χ0v) is 20.2. The first-order valence-corrected chi connectivity index (χ1v) is 11.5. The molecule has 0 unspecified atom stereocenters. The minimum Gasteiger partial charge on any atom is -0.506 e. The number of aromatic nitrogens is 1. The van der Waals surface area contributed by atoms with Crippen molar-refractivity contribution in [1.82, 2.24) is 4.57 Å². The van der Waals surface area contributed by atoms with E-state index in [9.17, 15) is 20.0 Å². The number of para-hydroxylation sites is 1. The van der Waals surface area contributed by atoms with Crippen LogP contribution in [0.5, 0.6) is 0 Å². The van der Waals surface area contributed by atoms with E-state index in [1.54, 1.807) is 12.1 Å². The lowest BCUT2D eigenvalue weighted by Gasteiger charge is -2.26. The van der Waals surface area contributed by atoms with Crippen LogP contribution in [0.1, 0.15) is 29.3 Å². The highest BCUT2D eigenvalue weighted by Gasteiger charge is 2.40. The lowest BCUT2D eigenvalue weighted by molar-refractivity contribution is -0.384. The molecule has 5 rings (SSSR count). The van der Waals surface area contributed by atoms with E-state index in [0.717, 1.165) is 33.4 Å². The van der Waals surface area contributed by atoms with Crippen molar-refractivity contribution in [2.75, 3.05) is 0 Å². The van der Waals surface area contributed by atoms with Crippen LogP contribution < -0.4 is 0 Å². The van der Waals surface area contributed by atoms with Gasteiger partial charge in [-0.1, -0.05) is 49.0 Å². The molecule has 1 aliphatic rings. The summed E-state index contributed by atoms with van der Waals surface area (Å²) in [6.45, 7) is 9.76. The van der Waals surface area contributed by atoms with Crippen LogP contribution in [0.2, 0.25) is 0 Å². The van der Waals surface area contributed by atoms with Gasteiger partial charge in [0, 0.05) is 34.5 Å². The number of aliphatic hydroxyl groups excluding tert-OH is 1. The minimum atomic E-state index is -0.437. The normalized spacial score (nSPS) is 14.7. The number of Topliss-reactive ketones (excluding diaryl/α,β-unsaturated/α-hetero) is 1. The summed E-state index contributed by atoms with van der Waals surface area (Å²) in [5.41, 5.74) is 6.72. The van der Waals surface area contributed by atoms with Gasteiger partial charge in [-0.15, -0.1) is 0 Å². The lowest BCUT2D eigenvalue weighted by atomic mass is 9.76. The molecule has 0 radical (unpaired) electrons. The summed E-state index contributed by atoms with van der Waals surface area (Å²) >= 11 is 0. The van der Waals surface area contributed by atoms with E-state index in [0.29, 0.717) is 16.7 Å². The highest BCUT2D eigenvalue weighted by atomic mass is 16.6. The van der Waals surface area contributed by atoms with Gasteiger partial charge in [-0.2, -0.15) is 0 Å². The molecule has 0 saturated carbocycles. The van der Waals surface area contributed by atoms with Gasteiger partial charge in [-0.25, -0.2) is 0 Å². The number of carbonyl (C=O) groups excluding carboxylic acids is 1. The summed E-state index contributed by atoms with van der Waals surface area (Å²) in [5, 5.41) is 23.2. The summed E-state index contributed by atoms with van der Waals surface area (Å²) < 4.78 is 1.95. The van der Waals surface area contributed by atoms with E-state index in [1.807, 2.05) is 73.9 Å². The molecule has 36 heavy (non-hydrogen) atoms. The molecule has 0 bridgehead atoms. The first-order valence-electron chi connectivity index (χ1n) is 11.5. The Morgan fingerprint density at radius 2 is 1.61 bits per heavy atom. The van der Waals surface area contributed by atoms with Gasteiger partial charge in [0.25, 0.3) is 5.69 Å². The Morgan fingerprint density at radius 3 is 2.22 bits per heavy atom. The van der Waals surface area contributed by atoms with Gasteiger partial charge in [0.15, 0.2) is 0 Å². The van der Waals surface area contributed by atoms with Gasteiger partial charge >= 0.3 is 0 Å². The van der Waals surface area contributed by atoms with Crippen LogP contribution in [-0.4, -0.2) is 20.4 Å². The Balaban J connectivity index is 1.75. The fourth-order valence-electron chi connectivity index (χ4n) is 5.04. The summed E-state index contributed by atoms with van der Waals surface area (Å²) in [7, 11) is 0. The van der Waals surface area contributed by atoms with Gasteiger partial charge in [0.05, 0.1) is 21.6 Å². The summed E-state index contributed by atoms with van der Waals surface area (Å²) in [5.74, 6) is -0.278. The Labute approximate surface area is 208 Å². The van der Waals surface area contributed by atoms with Crippen molar-refractivity contribution >= 4 is 33.5 Å². The maximum atomic E-state index is 13.7. The Bertz CT molecular complexity index is 1670. The van der Waals surface area contributed by atoms with Crippen molar-refractivity contribution in [2.45, 2.75) is 20.8 Å². The highest BCUT2D eigenvalue weighted by molar-refractivity contribution is 6.43. The number of nitrogens with zero attached hydrogens (tertiary/aromatic N) is 2. The smallest absolute Gasteiger partial charge is 0.269 e. The average Bonchev–Trinajstić information content (AvgIpc) is 3.14. The molecule has 0 fully saturated rings. The first kappa shape index (κ1) is 23.1. The standard InChI is InChI=1S/C30H24N2O4/c1-17(2)25(22-10-6-5-9-18(22)3)27-29(33)28(30(27)34)26-19(4)31(24-12-8-7-11-23(24)26)20-13-15-21(16-14-20)32(35)36/h5-16,33H,1H2,2-4H3/b27-25+. The van der Waals surface area contributed by atoms with Crippen molar-refractivity contribution in [3.8, 4) is 5.69 Å². The Hall–Kier alpha value is -4.71. The number of aryl methyl sites for hydroxylation is 1. The van der Waals surface area contributed by atoms with Crippen molar-refractivity contribution in [2.24, 2.45) is 0 Å². The predicted molar refractivity (Wildman–Crippen MR) is 142 cm³/mol. The molecule has 3 aromatic carbocycles. The van der Waals surface area contributed by atoms with E-state index >= 15 is 0 Å². The van der Waals surface area contributed by atoms with Crippen LogP contribution >= 0.6 is 0 Å². The largest absolute Gasteiger partial charge is 0.506 e. The molecule has 0 atom stereocenters. The van der Waals surface area contributed by atoms with E-state index < -0.39 is 4.92 Å². The van der Waals surface area contributed by atoms with Crippen LogP contribution in [0, 0.1) is 24.0 Å². The third-order valence-corrected chi connectivity index (χ3v) is 6.70. The van der Waals surface area contributed by atoms with Crippen LogP contribution in [0.3, 0.4) is 0 Å². The second-order valence-electron chi connectivity index (χ2n) is 8.98. The lowest BCUT2D eigenvalue weighted by Crippen LogP contribution is -2.23. The van der Waals surface area contributed by atoms with Crippen LogP contribution in [0.4, 0.5) is 5.69 Å². The zero-order valence-electron chi connectivity index (χ0n) is 20.2. The second-order valence-corrected chi connectivity index (χ2v) is 8.98. The van der Waals surface area contributed by atoms with Crippen LogP contribution in [-0.2, 0) is 4.79 Å². The third-order valence-electron chi connectivity index (χ3n) is 6.70. The van der Waals surface area contributed by atoms with Gasteiger partial charge in [-0.3, -0.25) is 14.9 Å². The van der Waals surface area contributed by atoms with E-state index in [2.05, 4.69) is 6.58 Å². The Morgan fingerprint density at radius 1 is 0.972 bits per heavy atom. The number of ketones is 1. The number of rotatable bonds is 5. The molecular weight excluding hydrogens is 452 g/mol. The number of nitro benzene ring substituents is 1. The first-order chi connectivity index (χ1) is 17.2. The molecule has 4 aromatic rings. The molecule has 0 spiro atoms. The molecule has 1 N–H and O–H groups in total. The number of non-ortho nitro benzene ring substituents is 1. The fourth-order valence-corrected chi connectivity index (χ4v) is 5.04. The maximum absolute atomic E-state index is 13.7. The predicted octanol–water partition coefficient (Wildman–Crippen LogP) is 7.04. The fraction of sp³-hybridized carbons (Fsp3) is 0.100. The summed E-state index contributed by atoms with van der Waals surface area (Å²) in [6, 6.07) is 21.6. The molecular formula is C30H24N2O4. The van der Waals surface area contributed by atoms with Gasteiger partial charge in [0.2, 0.25) is 5.78 Å². The van der Waals surface area contributed by atoms with Crippen LogP contribution in [0.15, 0.2) is 96.3 Å². The Kier molecular flexibility index (Phi) is 5.44. The van der Waals surface area contributed by atoms with E-state index in [1.165, 1.54) is 12.1 Å². The number of benzene rings is 3. The summed E-state index contributed by atoms with van der Waals surface area (Å²) in [6.07, 6.45) is 0. The van der Waals surface area contributed by atoms with Gasteiger partial charge in [-0.05, 0) is 61.2 Å². The third kappa shape index (κ3) is 3.38. The van der Waals surface area contributed by atoms with Crippen molar-refractivity contribution in [1.29, 1.82) is 0 Å². The topological polar surface area (TPSA) is 85.4 Å². The van der Waals surface area contributed by atoms with E-state index in [-0.39, 0.29) is 28.4 Å². The molecule has 6 heteroatoms. The number of fused-ring (bicyclic) bond motifs is 1. The summed E-state index contributed by atoms with van der Waals surface area (Å²) in [4.78, 5) is 24.3.